The zero-order valence-corrected chi connectivity index (χ0v) is 15.2. The zero-order chi connectivity index (χ0) is 14.8. The van der Waals surface area contributed by atoms with Gasteiger partial charge in [-0.05, 0) is 61.1 Å². The Bertz CT molecular complexity index is 639. The van der Waals surface area contributed by atoms with Gasteiger partial charge >= 0.3 is 0 Å². The van der Waals surface area contributed by atoms with Gasteiger partial charge in [0.25, 0.3) is 0 Å². The van der Waals surface area contributed by atoms with Crippen LogP contribution in [-0.2, 0) is 12.8 Å². The molecule has 110 valence electrons. The van der Waals surface area contributed by atoms with Gasteiger partial charge in [0.1, 0.15) is 0 Å². The third-order valence-electron chi connectivity index (χ3n) is 4.25. The van der Waals surface area contributed by atoms with Crippen LogP contribution in [-0.4, -0.2) is 6.04 Å². The van der Waals surface area contributed by atoms with Crippen LogP contribution in [0.15, 0.2) is 51.4 Å². The van der Waals surface area contributed by atoms with E-state index in [1.165, 1.54) is 32.1 Å². The van der Waals surface area contributed by atoms with Crippen LogP contribution in [0.1, 0.15) is 36.1 Å². The van der Waals surface area contributed by atoms with Gasteiger partial charge in [-0.15, -0.1) is 0 Å². The number of hydrogen-bond donors (Lipinski definition) is 1. The third-order valence-corrected chi connectivity index (χ3v) is 5.47. The van der Waals surface area contributed by atoms with E-state index in [0.717, 1.165) is 12.8 Å². The highest BCUT2D eigenvalue weighted by Gasteiger charge is 2.21. The molecule has 0 saturated heterocycles. The summed E-state index contributed by atoms with van der Waals surface area (Å²) in [4.78, 5) is 0. The molecular weight excluding hydrogens is 390 g/mol. The van der Waals surface area contributed by atoms with Crippen molar-refractivity contribution in [2.24, 2.45) is 0 Å². The summed E-state index contributed by atoms with van der Waals surface area (Å²) in [5.41, 5.74) is 4.32. The predicted octanol–water partition coefficient (Wildman–Crippen LogP) is 5.42. The Morgan fingerprint density at radius 2 is 1.90 bits per heavy atom. The lowest BCUT2D eigenvalue weighted by Gasteiger charge is -2.29. The standard InChI is InChI=1S/C18H19Br2N/c1-12(17-4-2-3-5-18(17)20)21-16-9-7-13-10-15(19)8-6-14(13)11-16/h2-6,8,10,12,16,21H,7,9,11H2,1H3. The normalized spacial score (nSPS) is 19.1. The minimum absolute atomic E-state index is 0.363. The average molecular weight is 409 g/mol. The fourth-order valence-corrected chi connectivity index (χ4v) is 4.17. The summed E-state index contributed by atoms with van der Waals surface area (Å²) in [5.74, 6) is 0. The second-order valence-electron chi connectivity index (χ2n) is 5.76. The van der Waals surface area contributed by atoms with Crippen molar-refractivity contribution in [3.8, 4) is 0 Å². The topological polar surface area (TPSA) is 12.0 Å². The highest BCUT2D eigenvalue weighted by molar-refractivity contribution is 9.10. The Morgan fingerprint density at radius 3 is 2.71 bits per heavy atom. The van der Waals surface area contributed by atoms with E-state index in [-0.39, 0.29) is 0 Å². The Hall–Kier alpha value is -0.640. The molecule has 0 heterocycles. The molecule has 0 radical (unpaired) electrons. The molecule has 2 aromatic carbocycles. The van der Waals surface area contributed by atoms with Gasteiger partial charge in [-0.3, -0.25) is 0 Å². The van der Waals surface area contributed by atoms with Crippen molar-refractivity contribution in [1.82, 2.24) is 5.32 Å². The number of nitrogens with one attached hydrogen (secondary N) is 1. The third kappa shape index (κ3) is 3.58. The highest BCUT2D eigenvalue weighted by atomic mass is 79.9. The molecule has 2 atom stereocenters. The summed E-state index contributed by atoms with van der Waals surface area (Å²) < 4.78 is 2.37. The van der Waals surface area contributed by atoms with Gasteiger partial charge in [0, 0.05) is 21.0 Å². The first-order valence-electron chi connectivity index (χ1n) is 7.41. The van der Waals surface area contributed by atoms with Crippen molar-refractivity contribution in [2.75, 3.05) is 0 Å². The van der Waals surface area contributed by atoms with Crippen LogP contribution in [0.25, 0.3) is 0 Å². The lowest BCUT2D eigenvalue weighted by molar-refractivity contribution is 0.413. The van der Waals surface area contributed by atoms with E-state index in [1.807, 2.05) is 0 Å². The van der Waals surface area contributed by atoms with E-state index in [1.54, 1.807) is 0 Å². The van der Waals surface area contributed by atoms with Gasteiger partial charge in [0.05, 0.1) is 0 Å². The molecule has 0 aromatic heterocycles. The molecule has 2 unspecified atom stereocenters. The molecule has 21 heavy (non-hydrogen) atoms. The molecule has 3 heteroatoms. The van der Waals surface area contributed by atoms with Crippen molar-refractivity contribution in [1.29, 1.82) is 0 Å². The average Bonchev–Trinajstić information content (AvgIpc) is 2.48. The van der Waals surface area contributed by atoms with Crippen molar-refractivity contribution < 1.29 is 0 Å². The number of rotatable bonds is 3. The molecule has 0 fully saturated rings. The van der Waals surface area contributed by atoms with E-state index >= 15 is 0 Å². The molecule has 1 aliphatic carbocycles. The van der Waals surface area contributed by atoms with Gasteiger partial charge in [0.15, 0.2) is 0 Å². The van der Waals surface area contributed by atoms with E-state index in [4.69, 9.17) is 0 Å². The monoisotopic (exact) mass is 407 g/mol. The Kier molecular flexibility index (Phi) is 4.82. The number of fused-ring (bicyclic) bond motifs is 1. The van der Waals surface area contributed by atoms with E-state index in [2.05, 4.69) is 86.6 Å². The Morgan fingerprint density at radius 1 is 1.10 bits per heavy atom. The molecule has 0 saturated carbocycles. The Balaban J connectivity index is 1.70. The number of benzene rings is 2. The number of halogens is 2. The van der Waals surface area contributed by atoms with Gasteiger partial charge in [-0.2, -0.15) is 0 Å². The van der Waals surface area contributed by atoms with Gasteiger partial charge < -0.3 is 5.32 Å². The maximum absolute atomic E-state index is 3.79. The molecule has 0 bridgehead atoms. The van der Waals surface area contributed by atoms with Crippen LogP contribution >= 0.6 is 31.9 Å². The maximum Gasteiger partial charge on any atom is 0.0305 e. The Labute approximate surface area is 143 Å². The van der Waals surface area contributed by atoms with E-state index in [9.17, 15) is 0 Å². The predicted molar refractivity (Wildman–Crippen MR) is 95.6 cm³/mol. The van der Waals surface area contributed by atoms with Crippen LogP contribution in [0.5, 0.6) is 0 Å². The van der Waals surface area contributed by atoms with Crippen LogP contribution in [0.2, 0.25) is 0 Å². The first-order chi connectivity index (χ1) is 10.1. The largest absolute Gasteiger partial charge is 0.307 e. The maximum atomic E-state index is 3.79. The molecule has 2 aromatic rings. The van der Waals surface area contributed by atoms with E-state index < -0.39 is 0 Å². The van der Waals surface area contributed by atoms with Gasteiger partial charge in [0.2, 0.25) is 0 Å². The lowest BCUT2D eigenvalue weighted by atomic mass is 9.88. The van der Waals surface area contributed by atoms with Crippen molar-refractivity contribution >= 4 is 31.9 Å². The molecule has 1 nitrogen and oxygen atoms in total. The molecule has 3 rings (SSSR count). The van der Waals surface area contributed by atoms with Crippen LogP contribution in [0, 0.1) is 0 Å². The molecule has 0 spiro atoms. The van der Waals surface area contributed by atoms with E-state index in [0.29, 0.717) is 12.1 Å². The summed E-state index contributed by atoms with van der Waals surface area (Å²) >= 11 is 7.21. The highest BCUT2D eigenvalue weighted by Crippen LogP contribution is 2.28. The van der Waals surface area contributed by atoms with Crippen molar-refractivity contribution in [3.05, 3.63) is 68.1 Å². The van der Waals surface area contributed by atoms with Crippen LogP contribution in [0.4, 0.5) is 0 Å². The number of aryl methyl sites for hydroxylation is 1. The fraction of sp³-hybridized carbons (Fsp3) is 0.333. The smallest absolute Gasteiger partial charge is 0.0305 e. The summed E-state index contributed by atoms with van der Waals surface area (Å²) in [6.07, 6.45) is 3.49. The first-order valence-corrected chi connectivity index (χ1v) is 9.00. The summed E-state index contributed by atoms with van der Waals surface area (Å²) in [7, 11) is 0. The van der Waals surface area contributed by atoms with Crippen molar-refractivity contribution in [3.63, 3.8) is 0 Å². The minimum atomic E-state index is 0.363. The second-order valence-corrected chi connectivity index (χ2v) is 7.53. The lowest BCUT2D eigenvalue weighted by Crippen LogP contribution is -2.36. The minimum Gasteiger partial charge on any atom is -0.307 e. The van der Waals surface area contributed by atoms with Crippen LogP contribution in [0.3, 0.4) is 0 Å². The molecule has 1 aliphatic rings. The molecule has 1 N–H and O–H groups in total. The van der Waals surface area contributed by atoms with Crippen LogP contribution < -0.4 is 5.32 Å². The quantitative estimate of drug-likeness (QED) is 0.714. The second kappa shape index (κ2) is 6.64. The summed E-state index contributed by atoms with van der Waals surface area (Å²) in [6.45, 7) is 2.25. The summed E-state index contributed by atoms with van der Waals surface area (Å²) in [6, 6.07) is 16.1. The molecule has 0 amide bonds. The molecule has 0 aliphatic heterocycles. The van der Waals surface area contributed by atoms with Gasteiger partial charge in [-0.25, -0.2) is 0 Å². The zero-order valence-electron chi connectivity index (χ0n) is 12.1. The van der Waals surface area contributed by atoms with Crippen molar-refractivity contribution in [2.45, 2.75) is 38.3 Å². The van der Waals surface area contributed by atoms with Gasteiger partial charge in [-0.1, -0.05) is 56.1 Å². The molecular formula is C18H19Br2N. The SMILES string of the molecule is CC(NC1CCc2cc(Br)ccc2C1)c1ccccc1Br. The first kappa shape index (κ1) is 15.3. The summed E-state index contributed by atoms with van der Waals surface area (Å²) in [5, 5.41) is 3.79. The fourth-order valence-electron chi connectivity index (χ4n) is 3.14. The number of hydrogen-bond acceptors (Lipinski definition) is 1.